The van der Waals surface area contributed by atoms with Gasteiger partial charge >= 0.3 is 0 Å². The molecular weight excluding hydrogens is 468 g/mol. The van der Waals surface area contributed by atoms with E-state index in [0.717, 1.165) is 11.3 Å². The molecule has 35 heavy (non-hydrogen) atoms. The lowest BCUT2D eigenvalue weighted by molar-refractivity contribution is -0.384. The van der Waals surface area contributed by atoms with Gasteiger partial charge in [-0.3, -0.25) is 19.7 Å². The average molecular weight is 493 g/mol. The molecule has 0 radical (unpaired) electrons. The number of anilines is 1. The van der Waals surface area contributed by atoms with Crippen LogP contribution in [0.5, 0.6) is 0 Å². The molecular formula is C25H24N4O5S. The lowest BCUT2D eigenvalue weighted by Crippen LogP contribution is -2.36. The summed E-state index contributed by atoms with van der Waals surface area (Å²) >= 11 is 1.32. The number of Topliss-reactive ketones (excluding diaryl/α,β-unsaturated/α-hetero) is 1. The molecule has 0 fully saturated rings. The second-order valence-corrected chi connectivity index (χ2v) is 10.6. The molecule has 1 unspecified atom stereocenters. The van der Waals surface area contributed by atoms with E-state index in [0.29, 0.717) is 52.2 Å². The van der Waals surface area contributed by atoms with Gasteiger partial charge in [-0.05, 0) is 36.5 Å². The predicted molar refractivity (Wildman–Crippen MR) is 131 cm³/mol. The second-order valence-electron chi connectivity index (χ2n) is 9.69. The maximum atomic E-state index is 13.3. The summed E-state index contributed by atoms with van der Waals surface area (Å²) in [6.45, 7) is 5.93. The number of furan rings is 1. The van der Waals surface area contributed by atoms with Crippen LogP contribution in [0, 0.1) is 22.5 Å². The number of nitrogens with zero attached hydrogens (tertiary/aromatic N) is 2. The molecule has 2 N–H and O–H groups in total. The van der Waals surface area contributed by atoms with Gasteiger partial charge in [0, 0.05) is 35.6 Å². The molecule has 0 spiro atoms. The van der Waals surface area contributed by atoms with Crippen molar-refractivity contribution in [2.45, 2.75) is 50.4 Å². The summed E-state index contributed by atoms with van der Waals surface area (Å²) in [6, 6.07) is 9.90. The smallest absolute Gasteiger partial charge is 0.269 e. The van der Waals surface area contributed by atoms with Crippen molar-refractivity contribution in [2.24, 2.45) is 5.41 Å². The Morgan fingerprint density at radius 1 is 1.17 bits per heavy atom. The summed E-state index contributed by atoms with van der Waals surface area (Å²) in [4.78, 5) is 44.5. The van der Waals surface area contributed by atoms with E-state index in [1.165, 1.54) is 23.9 Å². The van der Waals surface area contributed by atoms with Crippen LogP contribution in [0.1, 0.15) is 55.3 Å². The molecule has 0 saturated carbocycles. The van der Waals surface area contributed by atoms with E-state index >= 15 is 0 Å². The fourth-order valence-corrected chi connectivity index (χ4v) is 5.54. The second kappa shape index (κ2) is 8.53. The number of hydrogen-bond acceptors (Lipinski definition) is 8. The molecule has 2 aromatic heterocycles. The summed E-state index contributed by atoms with van der Waals surface area (Å²) in [5.41, 5.74) is 2.06. The molecule has 0 bridgehead atoms. The maximum absolute atomic E-state index is 13.3. The summed E-state index contributed by atoms with van der Waals surface area (Å²) in [5.74, 6) is 1.52. The monoisotopic (exact) mass is 492 g/mol. The number of benzene rings is 1. The minimum Gasteiger partial charge on any atom is -0.465 e. The molecule has 1 aromatic carbocycles. The highest BCUT2D eigenvalue weighted by atomic mass is 32.2. The third-order valence-corrected chi connectivity index (χ3v) is 7.21. The number of non-ortho nitro benzene ring substituents is 1. The van der Waals surface area contributed by atoms with Crippen molar-refractivity contribution in [1.29, 1.82) is 0 Å². The number of carbonyl (C=O) groups is 1. The first-order valence-electron chi connectivity index (χ1n) is 11.2. The standard InChI is InChI=1S/C25H24N4O5S/c1-13-4-9-18(34-13)20-19-16(10-25(2,3)11-17(19)30)26-22-21(20)23(31)28-24(27-22)35-12-14-5-7-15(8-6-14)29(32)33/h4-9,20H,10-12H2,1-3H3,(H2,26,27,28,31). The van der Waals surface area contributed by atoms with Crippen LogP contribution in [0.15, 0.2) is 62.0 Å². The summed E-state index contributed by atoms with van der Waals surface area (Å²) in [7, 11) is 0. The van der Waals surface area contributed by atoms with E-state index in [1.807, 2.05) is 19.1 Å². The fourth-order valence-electron chi connectivity index (χ4n) is 4.72. The molecule has 5 rings (SSSR count). The molecule has 3 aromatic rings. The predicted octanol–water partition coefficient (Wildman–Crippen LogP) is 5.07. The Morgan fingerprint density at radius 2 is 1.91 bits per heavy atom. The fraction of sp³-hybridized carbons (Fsp3) is 0.320. The van der Waals surface area contributed by atoms with Gasteiger partial charge in [0.1, 0.15) is 17.3 Å². The summed E-state index contributed by atoms with van der Waals surface area (Å²) < 4.78 is 5.90. The van der Waals surface area contributed by atoms with Crippen molar-refractivity contribution in [3.8, 4) is 0 Å². The van der Waals surface area contributed by atoms with Gasteiger partial charge in [-0.1, -0.05) is 37.7 Å². The van der Waals surface area contributed by atoms with Crippen LogP contribution in [-0.4, -0.2) is 20.7 Å². The van der Waals surface area contributed by atoms with Crippen LogP contribution < -0.4 is 10.9 Å². The van der Waals surface area contributed by atoms with Crippen molar-refractivity contribution in [2.75, 3.05) is 5.32 Å². The van der Waals surface area contributed by atoms with Crippen LogP contribution >= 0.6 is 11.8 Å². The number of nitro benzene ring substituents is 1. The number of fused-ring (bicyclic) bond motifs is 1. The van der Waals surface area contributed by atoms with Crippen LogP contribution in [0.3, 0.4) is 0 Å². The van der Waals surface area contributed by atoms with E-state index in [-0.39, 0.29) is 22.4 Å². The Balaban J connectivity index is 1.51. The quantitative estimate of drug-likeness (QED) is 0.218. The van der Waals surface area contributed by atoms with Gasteiger partial charge in [0.15, 0.2) is 10.9 Å². The van der Waals surface area contributed by atoms with E-state index in [1.54, 1.807) is 12.1 Å². The Kier molecular flexibility index (Phi) is 5.63. The number of aryl methyl sites for hydroxylation is 1. The lowest BCUT2D eigenvalue weighted by atomic mass is 9.70. The molecule has 0 saturated heterocycles. The number of nitrogens with one attached hydrogen (secondary N) is 2. The highest BCUT2D eigenvalue weighted by Gasteiger charge is 2.43. The van der Waals surface area contributed by atoms with Crippen molar-refractivity contribution >= 4 is 29.1 Å². The number of nitro groups is 1. The normalized spacial score (nSPS) is 18.6. The van der Waals surface area contributed by atoms with Gasteiger partial charge in [0.05, 0.1) is 16.4 Å². The SMILES string of the molecule is Cc1ccc(C2C3=C(CC(C)(C)CC3=O)Nc3nc(SCc4ccc([N+](=O)[O-])cc4)[nH]c(=O)c32)o1. The van der Waals surface area contributed by atoms with E-state index in [4.69, 9.17) is 4.42 Å². The van der Waals surface area contributed by atoms with Crippen molar-refractivity contribution in [3.05, 3.63) is 90.8 Å². The number of carbonyl (C=O) groups excluding carboxylic acids is 1. The summed E-state index contributed by atoms with van der Waals surface area (Å²) in [5, 5.41) is 14.6. The number of aromatic nitrogens is 2. The minimum absolute atomic E-state index is 0.00414. The van der Waals surface area contributed by atoms with Gasteiger partial charge in [0.2, 0.25) is 0 Å². The Labute approximate surface area is 205 Å². The Bertz CT molecular complexity index is 1430. The van der Waals surface area contributed by atoms with Gasteiger partial charge in [-0.15, -0.1) is 0 Å². The first kappa shape index (κ1) is 23.1. The minimum atomic E-state index is -0.622. The maximum Gasteiger partial charge on any atom is 0.269 e. The van der Waals surface area contributed by atoms with Gasteiger partial charge < -0.3 is 14.7 Å². The number of hydrogen-bond donors (Lipinski definition) is 2. The number of aromatic amines is 1. The molecule has 0 amide bonds. The summed E-state index contributed by atoms with van der Waals surface area (Å²) in [6.07, 6.45) is 1.05. The Morgan fingerprint density at radius 3 is 2.57 bits per heavy atom. The van der Waals surface area contributed by atoms with Crippen LogP contribution in [0.25, 0.3) is 0 Å². The average Bonchev–Trinajstić information content (AvgIpc) is 3.21. The van der Waals surface area contributed by atoms with Crippen LogP contribution in [0.2, 0.25) is 0 Å². The molecule has 9 nitrogen and oxygen atoms in total. The number of H-pyrrole nitrogens is 1. The molecule has 1 aliphatic carbocycles. The van der Waals surface area contributed by atoms with Crippen LogP contribution in [0.4, 0.5) is 11.5 Å². The Hall–Kier alpha value is -3.66. The van der Waals surface area contributed by atoms with E-state index < -0.39 is 10.8 Å². The highest BCUT2D eigenvalue weighted by molar-refractivity contribution is 7.98. The first-order chi connectivity index (χ1) is 16.6. The number of thioether (sulfide) groups is 1. The topological polar surface area (TPSA) is 131 Å². The molecule has 1 atom stereocenters. The van der Waals surface area contributed by atoms with Gasteiger partial charge in [-0.2, -0.15) is 0 Å². The van der Waals surface area contributed by atoms with Crippen LogP contribution in [-0.2, 0) is 10.5 Å². The molecule has 180 valence electrons. The first-order valence-corrected chi connectivity index (χ1v) is 12.2. The van der Waals surface area contributed by atoms with E-state index in [9.17, 15) is 19.7 Å². The molecule has 3 heterocycles. The van der Waals surface area contributed by atoms with Crippen molar-refractivity contribution in [3.63, 3.8) is 0 Å². The van der Waals surface area contributed by atoms with Gasteiger partial charge in [-0.25, -0.2) is 4.98 Å². The van der Waals surface area contributed by atoms with Crippen molar-refractivity contribution < 1.29 is 14.1 Å². The molecule has 2 aliphatic rings. The third-order valence-electron chi connectivity index (χ3n) is 6.27. The molecule has 1 aliphatic heterocycles. The zero-order valence-electron chi connectivity index (χ0n) is 19.5. The van der Waals surface area contributed by atoms with Crippen molar-refractivity contribution in [1.82, 2.24) is 9.97 Å². The largest absolute Gasteiger partial charge is 0.465 e. The zero-order chi connectivity index (χ0) is 24.9. The van der Waals surface area contributed by atoms with Gasteiger partial charge in [0.25, 0.3) is 11.2 Å². The highest BCUT2D eigenvalue weighted by Crippen LogP contribution is 2.48. The zero-order valence-corrected chi connectivity index (χ0v) is 20.3. The molecule has 10 heteroatoms. The number of allylic oxidation sites excluding steroid dienone is 2. The third kappa shape index (κ3) is 4.41. The number of rotatable bonds is 5. The van der Waals surface area contributed by atoms with E-state index in [2.05, 4.69) is 29.1 Å². The number of ketones is 1. The lowest BCUT2D eigenvalue weighted by Gasteiger charge is -2.37.